The van der Waals surface area contributed by atoms with Crippen LogP contribution >= 0.6 is 23.7 Å². The summed E-state index contributed by atoms with van der Waals surface area (Å²) in [5.74, 6) is 0.278. The molecule has 3 nitrogen and oxygen atoms in total. The van der Waals surface area contributed by atoms with Crippen LogP contribution in [0.5, 0.6) is 0 Å². The van der Waals surface area contributed by atoms with Crippen LogP contribution in [0.3, 0.4) is 0 Å². The molecule has 1 aliphatic heterocycles. The van der Waals surface area contributed by atoms with Gasteiger partial charge in [0.25, 0.3) is 0 Å². The van der Waals surface area contributed by atoms with Gasteiger partial charge < -0.3 is 10.2 Å². The highest BCUT2D eigenvalue weighted by molar-refractivity contribution is 7.10. The van der Waals surface area contributed by atoms with Gasteiger partial charge in [-0.05, 0) is 31.3 Å². The van der Waals surface area contributed by atoms with Crippen LogP contribution in [0.15, 0.2) is 17.5 Å². The molecule has 1 unspecified atom stereocenters. The summed E-state index contributed by atoms with van der Waals surface area (Å²) in [5.41, 5.74) is 0. The first-order chi connectivity index (χ1) is 7.81. The maximum absolute atomic E-state index is 12.1. The molecule has 1 saturated heterocycles. The molecule has 0 saturated carbocycles. The highest BCUT2D eigenvalue weighted by Crippen LogP contribution is 2.19. The lowest BCUT2D eigenvalue weighted by Crippen LogP contribution is -2.41. The van der Waals surface area contributed by atoms with Gasteiger partial charge in [-0.1, -0.05) is 6.07 Å². The van der Waals surface area contributed by atoms with Gasteiger partial charge >= 0.3 is 0 Å². The number of carbonyl (C=O) groups excluding carboxylic acids is 1. The fourth-order valence-corrected chi connectivity index (χ4v) is 2.97. The quantitative estimate of drug-likeness (QED) is 0.910. The van der Waals surface area contributed by atoms with Gasteiger partial charge in [-0.25, -0.2) is 0 Å². The fraction of sp³-hybridized carbons (Fsp3) is 0.583. The fourth-order valence-electron chi connectivity index (χ4n) is 2.28. The van der Waals surface area contributed by atoms with Crippen molar-refractivity contribution >= 4 is 29.7 Å². The Hall–Kier alpha value is -0.580. The van der Waals surface area contributed by atoms with Gasteiger partial charge in [0.1, 0.15) is 0 Å². The number of halogens is 1. The maximum atomic E-state index is 12.1. The van der Waals surface area contributed by atoms with Crippen molar-refractivity contribution < 1.29 is 4.79 Å². The number of likely N-dealkylation sites (N-methyl/N-ethyl adjacent to an activating group) is 1. The van der Waals surface area contributed by atoms with E-state index in [-0.39, 0.29) is 18.3 Å². The number of nitrogens with zero attached hydrogens (tertiary/aromatic N) is 1. The van der Waals surface area contributed by atoms with Crippen molar-refractivity contribution in [2.75, 3.05) is 20.1 Å². The summed E-state index contributed by atoms with van der Waals surface area (Å²) in [5, 5.41) is 5.19. The van der Waals surface area contributed by atoms with Gasteiger partial charge in [-0.2, -0.15) is 0 Å². The van der Waals surface area contributed by atoms with Crippen molar-refractivity contribution in [3.63, 3.8) is 0 Å². The van der Waals surface area contributed by atoms with Gasteiger partial charge in [-0.3, -0.25) is 4.79 Å². The molecule has 1 fully saturated rings. The third kappa shape index (κ3) is 3.69. The number of thiophene rings is 1. The number of likely N-dealkylation sites (tertiary alicyclic amines) is 1. The number of carbonyl (C=O) groups is 1. The molecule has 2 heterocycles. The summed E-state index contributed by atoms with van der Waals surface area (Å²) in [6.45, 7) is 1.84. The number of hydrogen-bond acceptors (Lipinski definition) is 3. The van der Waals surface area contributed by atoms with Crippen molar-refractivity contribution in [3.8, 4) is 0 Å². The minimum absolute atomic E-state index is 0. The standard InChI is InChI=1S/C12H18N2OS.ClH/c1-13-9-10-4-2-6-14(10)12(15)8-11-5-3-7-16-11;/h3,5,7,10,13H,2,4,6,8-9H2,1H3;1H. The van der Waals surface area contributed by atoms with E-state index >= 15 is 0 Å². The average molecular weight is 275 g/mol. The topological polar surface area (TPSA) is 32.3 Å². The SMILES string of the molecule is CNCC1CCCN1C(=O)Cc1cccs1.Cl. The summed E-state index contributed by atoms with van der Waals surface area (Å²) in [4.78, 5) is 15.3. The van der Waals surface area contributed by atoms with Crippen molar-refractivity contribution in [1.29, 1.82) is 0 Å². The van der Waals surface area contributed by atoms with Crippen LogP contribution in [0.4, 0.5) is 0 Å². The van der Waals surface area contributed by atoms with Crippen molar-refractivity contribution in [3.05, 3.63) is 22.4 Å². The highest BCUT2D eigenvalue weighted by atomic mass is 35.5. The van der Waals surface area contributed by atoms with E-state index < -0.39 is 0 Å². The summed E-state index contributed by atoms with van der Waals surface area (Å²) >= 11 is 1.66. The Kier molecular flexibility index (Phi) is 5.95. The molecule has 0 bridgehead atoms. The lowest BCUT2D eigenvalue weighted by atomic mass is 10.2. The Morgan fingerprint density at radius 2 is 2.47 bits per heavy atom. The van der Waals surface area contributed by atoms with E-state index in [1.165, 1.54) is 4.88 Å². The first-order valence-corrected chi connectivity index (χ1v) is 6.65. The van der Waals surface area contributed by atoms with Gasteiger partial charge in [0.2, 0.25) is 5.91 Å². The van der Waals surface area contributed by atoms with Crippen LogP contribution in [0.1, 0.15) is 17.7 Å². The normalized spacial score (nSPS) is 19.1. The zero-order chi connectivity index (χ0) is 11.4. The molecular formula is C12H19ClN2OS. The summed E-state index contributed by atoms with van der Waals surface area (Å²) in [6.07, 6.45) is 2.84. The molecule has 1 N–H and O–H groups in total. The first kappa shape index (κ1) is 14.5. The molecule has 0 spiro atoms. The Bertz CT molecular complexity index is 342. The molecule has 17 heavy (non-hydrogen) atoms. The predicted octanol–water partition coefficient (Wildman–Crippen LogP) is 1.92. The summed E-state index contributed by atoms with van der Waals surface area (Å²) < 4.78 is 0. The Balaban J connectivity index is 0.00000144. The van der Waals surface area contributed by atoms with Crippen LogP contribution in [-0.4, -0.2) is 37.0 Å². The number of amides is 1. The molecule has 1 amide bonds. The second kappa shape index (κ2) is 6.99. The lowest BCUT2D eigenvalue weighted by molar-refractivity contribution is -0.131. The first-order valence-electron chi connectivity index (χ1n) is 5.77. The minimum Gasteiger partial charge on any atom is -0.338 e. The second-order valence-electron chi connectivity index (χ2n) is 4.20. The van der Waals surface area contributed by atoms with Crippen LogP contribution in [0, 0.1) is 0 Å². The van der Waals surface area contributed by atoms with Crippen molar-refractivity contribution in [2.24, 2.45) is 0 Å². The molecular weight excluding hydrogens is 256 g/mol. The number of nitrogens with one attached hydrogen (secondary N) is 1. The van der Waals surface area contributed by atoms with Crippen LogP contribution in [0.25, 0.3) is 0 Å². The van der Waals surface area contributed by atoms with Gasteiger partial charge in [0.15, 0.2) is 0 Å². The second-order valence-corrected chi connectivity index (χ2v) is 5.23. The van der Waals surface area contributed by atoms with Gasteiger partial charge in [0.05, 0.1) is 6.42 Å². The molecule has 0 aliphatic carbocycles. The molecule has 1 atom stereocenters. The maximum Gasteiger partial charge on any atom is 0.228 e. The molecule has 1 aromatic rings. The number of rotatable bonds is 4. The largest absolute Gasteiger partial charge is 0.338 e. The zero-order valence-electron chi connectivity index (χ0n) is 10.0. The Morgan fingerprint density at radius 3 is 3.12 bits per heavy atom. The monoisotopic (exact) mass is 274 g/mol. The van der Waals surface area contributed by atoms with Crippen molar-refractivity contribution in [1.82, 2.24) is 10.2 Å². The highest BCUT2D eigenvalue weighted by Gasteiger charge is 2.27. The summed E-state index contributed by atoms with van der Waals surface area (Å²) in [7, 11) is 1.94. The average Bonchev–Trinajstić information content (AvgIpc) is 2.89. The third-order valence-electron chi connectivity index (χ3n) is 3.04. The number of hydrogen-bond donors (Lipinski definition) is 1. The molecule has 0 radical (unpaired) electrons. The molecule has 96 valence electrons. The molecule has 5 heteroatoms. The van der Waals surface area contributed by atoms with E-state index in [9.17, 15) is 4.79 Å². The molecule has 1 aromatic heterocycles. The lowest BCUT2D eigenvalue weighted by Gasteiger charge is -2.24. The van der Waals surface area contributed by atoms with E-state index in [0.29, 0.717) is 12.5 Å². The molecule has 1 aliphatic rings. The van der Waals surface area contributed by atoms with Crippen LogP contribution < -0.4 is 5.32 Å². The molecule has 2 rings (SSSR count). The Morgan fingerprint density at radius 1 is 1.65 bits per heavy atom. The predicted molar refractivity (Wildman–Crippen MR) is 73.9 cm³/mol. The van der Waals surface area contributed by atoms with E-state index in [4.69, 9.17) is 0 Å². The van der Waals surface area contributed by atoms with Crippen LogP contribution in [0.2, 0.25) is 0 Å². The van der Waals surface area contributed by atoms with Crippen molar-refractivity contribution in [2.45, 2.75) is 25.3 Å². The van der Waals surface area contributed by atoms with Gasteiger partial charge in [-0.15, -0.1) is 23.7 Å². The smallest absolute Gasteiger partial charge is 0.228 e. The summed E-state index contributed by atoms with van der Waals surface area (Å²) in [6, 6.07) is 4.44. The van der Waals surface area contributed by atoms with E-state index in [1.807, 2.05) is 29.5 Å². The van der Waals surface area contributed by atoms with E-state index in [0.717, 1.165) is 25.9 Å². The van der Waals surface area contributed by atoms with Gasteiger partial charge in [0, 0.05) is 24.0 Å². The van der Waals surface area contributed by atoms with Crippen LogP contribution in [-0.2, 0) is 11.2 Å². The zero-order valence-corrected chi connectivity index (χ0v) is 11.6. The minimum atomic E-state index is 0. The third-order valence-corrected chi connectivity index (χ3v) is 3.92. The Labute approximate surface area is 113 Å². The molecule has 0 aromatic carbocycles. The van der Waals surface area contributed by atoms with E-state index in [2.05, 4.69) is 5.32 Å². The van der Waals surface area contributed by atoms with E-state index in [1.54, 1.807) is 11.3 Å².